The van der Waals surface area contributed by atoms with E-state index in [2.05, 4.69) is 16.4 Å². The van der Waals surface area contributed by atoms with Crippen molar-refractivity contribution < 1.29 is 4.39 Å². The molecular weight excluding hydrogens is 310 g/mol. The predicted octanol–water partition coefficient (Wildman–Crippen LogP) is 5.29. The lowest BCUT2D eigenvalue weighted by Crippen LogP contribution is -2.00. The monoisotopic (exact) mass is 320 g/mol. The van der Waals surface area contributed by atoms with Gasteiger partial charge in [-0.05, 0) is 35.2 Å². The normalized spacial score (nSPS) is 10.8. The van der Waals surface area contributed by atoms with Crippen LogP contribution >= 0.6 is 23.2 Å². The Morgan fingerprint density at radius 3 is 2.52 bits per heavy atom. The summed E-state index contributed by atoms with van der Waals surface area (Å²) in [5, 5.41) is 5.42. The van der Waals surface area contributed by atoms with Gasteiger partial charge in [-0.1, -0.05) is 35.3 Å². The van der Waals surface area contributed by atoms with E-state index in [1.54, 1.807) is 6.20 Å². The van der Waals surface area contributed by atoms with Crippen LogP contribution in [0.4, 0.5) is 10.1 Å². The van der Waals surface area contributed by atoms with Gasteiger partial charge < -0.3 is 5.32 Å². The van der Waals surface area contributed by atoms with Crippen molar-refractivity contribution in [1.82, 2.24) is 4.98 Å². The minimum Gasteiger partial charge on any atom is -0.381 e. The van der Waals surface area contributed by atoms with Gasteiger partial charge in [-0.2, -0.15) is 0 Å². The van der Waals surface area contributed by atoms with Crippen LogP contribution in [0.5, 0.6) is 0 Å². The van der Waals surface area contributed by atoms with Crippen LogP contribution in [-0.2, 0) is 6.54 Å². The highest BCUT2D eigenvalue weighted by Gasteiger charge is 2.07. The number of halogens is 3. The lowest BCUT2D eigenvalue weighted by atomic mass is 10.1. The number of hydrogen-bond acceptors (Lipinski definition) is 2. The smallest absolute Gasteiger partial charge is 0.160 e. The fourth-order valence-corrected chi connectivity index (χ4v) is 2.59. The molecule has 2 nitrogen and oxygen atoms in total. The lowest BCUT2D eigenvalue weighted by Gasteiger charge is -2.09. The number of hydrogen-bond donors (Lipinski definition) is 1. The van der Waals surface area contributed by atoms with E-state index in [1.165, 1.54) is 12.1 Å². The molecule has 1 N–H and O–H groups in total. The van der Waals surface area contributed by atoms with Crippen LogP contribution in [0.1, 0.15) is 5.56 Å². The molecule has 0 aliphatic heterocycles. The van der Waals surface area contributed by atoms with E-state index in [9.17, 15) is 4.39 Å². The summed E-state index contributed by atoms with van der Waals surface area (Å²) in [5.74, 6) is -0.595. The van der Waals surface area contributed by atoms with Gasteiger partial charge in [0.25, 0.3) is 0 Å². The standard InChI is InChI=1S/C16H11Cl2FN2/c17-14-6-13(7-15(18)16(14)19)21-8-10-1-2-12-9-20-4-3-11(12)5-10/h1-7,9,21H,8H2. The number of benzene rings is 2. The van der Waals surface area contributed by atoms with Crippen LogP contribution in [0.3, 0.4) is 0 Å². The third kappa shape index (κ3) is 3.09. The summed E-state index contributed by atoms with van der Waals surface area (Å²) < 4.78 is 13.4. The van der Waals surface area contributed by atoms with Crippen LogP contribution < -0.4 is 5.32 Å². The second-order valence-electron chi connectivity index (χ2n) is 4.66. The highest BCUT2D eigenvalue weighted by Crippen LogP contribution is 2.27. The summed E-state index contributed by atoms with van der Waals surface area (Å²) in [6.07, 6.45) is 3.59. The Bertz CT molecular complexity index is 782. The first-order chi connectivity index (χ1) is 10.1. The van der Waals surface area contributed by atoms with Crippen LogP contribution in [-0.4, -0.2) is 4.98 Å². The molecule has 0 atom stereocenters. The number of nitrogens with one attached hydrogen (secondary N) is 1. The van der Waals surface area contributed by atoms with E-state index in [-0.39, 0.29) is 10.0 Å². The average Bonchev–Trinajstić information content (AvgIpc) is 2.50. The summed E-state index contributed by atoms with van der Waals surface area (Å²) in [7, 11) is 0. The first-order valence-electron chi connectivity index (χ1n) is 6.34. The Hall–Kier alpha value is -1.84. The maximum Gasteiger partial charge on any atom is 0.160 e. The number of nitrogens with zero attached hydrogens (tertiary/aromatic N) is 1. The van der Waals surface area contributed by atoms with Gasteiger partial charge in [0.05, 0.1) is 10.0 Å². The minimum atomic E-state index is -0.595. The van der Waals surface area contributed by atoms with E-state index in [4.69, 9.17) is 23.2 Å². The van der Waals surface area contributed by atoms with Gasteiger partial charge in [0.15, 0.2) is 5.82 Å². The highest BCUT2D eigenvalue weighted by molar-refractivity contribution is 6.35. The van der Waals surface area contributed by atoms with Gasteiger partial charge in [-0.15, -0.1) is 0 Å². The molecule has 0 aliphatic rings. The number of pyridine rings is 1. The van der Waals surface area contributed by atoms with Crippen molar-refractivity contribution >= 4 is 39.7 Å². The van der Waals surface area contributed by atoms with Crippen LogP contribution in [0.25, 0.3) is 10.8 Å². The van der Waals surface area contributed by atoms with Crippen molar-refractivity contribution in [2.24, 2.45) is 0 Å². The molecule has 106 valence electrons. The molecule has 3 aromatic rings. The molecule has 21 heavy (non-hydrogen) atoms. The van der Waals surface area contributed by atoms with Gasteiger partial charge in [-0.3, -0.25) is 4.98 Å². The molecule has 5 heteroatoms. The van der Waals surface area contributed by atoms with E-state index < -0.39 is 5.82 Å². The summed E-state index contributed by atoms with van der Waals surface area (Å²) in [4.78, 5) is 4.08. The number of fused-ring (bicyclic) bond motifs is 1. The average molecular weight is 321 g/mol. The SMILES string of the molecule is Fc1c(Cl)cc(NCc2ccc3cnccc3c2)cc1Cl. The Kier molecular flexibility index (Phi) is 3.95. The third-order valence-electron chi connectivity index (χ3n) is 3.19. The number of rotatable bonds is 3. The topological polar surface area (TPSA) is 24.9 Å². The summed E-state index contributed by atoms with van der Waals surface area (Å²) in [6, 6.07) is 11.1. The Balaban J connectivity index is 1.80. The lowest BCUT2D eigenvalue weighted by molar-refractivity contribution is 0.629. The number of aromatic nitrogens is 1. The number of anilines is 1. The first kappa shape index (κ1) is 14.1. The molecule has 3 rings (SSSR count). The zero-order chi connectivity index (χ0) is 14.8. The maximum atomic E-state index is 13.4. The van der Waals surface area contributed by atoms with Crippen molar-refractivity contribution in [3.8, 4) is 0 Å². The summed E-state index contributed by atoms with van der Waals surface area (Å²) in [5.41, 5.74) is 1.78. The summed E-state index contributed by atoms with van der Waals surface area (Å²) >= 11 is 11.5. The molecule has 2 aromatic carbocycles. The highest BCUT2D eigenvalue weighted by atomic mass is 35.5. The molecule has 0 aliphatic carbocycles. The van der Waals surface area contributed by atoms with E-state index in [0.717, 1.165) is 16.3 Å². The molecule has 0 bridgehead atoms. The Labute approximate surface area is 131 Å². The molecule has 0 spiro atoms. The van der Waals surface area contributed by atoms with Crippen LogP contribution in [0.2, 0.25) is 10.0 Å². The molecule has 0 amide bonds. The van der Waals surface area contributed by atoms with E-state index in [0.29, 0.717) is 12.2 Å². The molecule has 1 aromatic heterocycles. The summed E-state index contributed by atoms with van der Waals surface area (Å²) in [6.45, 7) is 0.594. The van der Waals surface area contributed by atoms with Gasteiger partial charge >= 0.3 is 0 Å². The fourth-order valence-electron chi connectivity index (χ4n) is 2.10. The molecule has 0 saturated heterocycles. The maximum absolute atomic E-state index is 13.4. The quantitative estimate of drug-likeness (QED) is 0.663. The zero-order valence-corrected chi connectivity index (χ0v) is 12.4. The second-order valence-corrected chi connectivity index (χ2v) is 5.48. The van der Waals surface area contributed by atoms with Gasteiger partial charge in [-0.25, -0.2) is 4.39 Å². The molecule has 0 unspecified atom stereocenters. The van der Waals surface area contributed by atoms with Crippen LogP contribution in [0, 0.1) is 5.82 Å². The van der Waals surface area contributed by atoms with Crippen molar-refractivity contribution in [2.75, 3.05) is 5.32 Å². The van der Waals surface area contributed by atoms with Gasteiger partial charge in [0.1, 0.15) is 0 Å². The molecule has 1 heterocycles. The van der Waals surface area contributed by atoms with Gasteiger partial charge in [0, 0.05) is 30.0 Å². The first-order valence-corrected chi connectivity index (χ1v) is 7.10. The Morgan fingerprint density at radius 1 is 1.00 bits per heavy atom. The van der Waals surface area contributed by atoms with Crippen molar-refractivity contribution in [3.63, 3.8) is 0 Å². The predicted molar refractivity (Wildman–Crippen MR) is 85.5 cm³/mol. The van der Waals surface area contributed by atoms with Gasteiger partial charge in [0.2, 0.25) is 0 Å². The Morgan fingerprint density at radius 2 is 1.76 bits per heavy atom. The van der Waals surface area contributed by atoms with Crippen molar-refractivity contribution in [1.29, 1.82) is 0 Å². The van der Waals surface area contributed by atoms with E-state index in [1.807, 2.05) is 24.4 Å². The van der Waals surface area contributed by atoms with Crippen LogP contribution in [0.15, 0.2) is 48.8 Å². The molecular formula is C16H11Cl2FN2. The second kappa shape index (κ2) is 5.88. The largest absolute Gasteiger partial charge is 0.381 e. The van der Waals surface area contributed by atoms with E-state index >= 15 is 0 Å². The molecule has 0 fully saturated rings. The fraction of sp³-hybridized carbons (Fsp3) is 0.0625. The molecule has 0 saturated carbocycles. The van der Waals surface area contributed by atoms with Crippen molar-refractivity contribution in [3.05, 3.63) is 70.2 Å². The van der Waals surface area contributed by atoms with Crippen molar-refractivity contribution in [2.45, 2.75) is 6.54 Å². The zero-order valence-electron chi connectivity index (χ0n) is 10.9. The third-order valence-corrected chi connectivity index (χ3v) is 3.74. The minimum absolute atomic E-state index is 0.00888. The molecule has 0 radical (unpaired) electrons.